The van der Waals surface area contributed by atoms with E-state index in [0.29, 0.717) is 30.1 Å². The number of aryl methyl sites for hydroxylation is 1. The number of benzene rings is 2. The Morgan fingerprint density at radius 3 is 2.55 bits per heavy atom. The van der Waals surface area contributed by atoms with Gasteiger partial charge in [-0.15, -0.1) is 10.2 Å². The molecule has 4 aromatic rings. The van der Waals surface area contributed by atoms with E-state index in [1.165, 1.54) is 12.0 Å². The summed E-state index contributed by atoms with van der Waals surface area (Å²) < 4.78 is 11.5. The topological polar surface area (TPSA) is 68.2 Å². The van der Waals surface area contributed by atoms with Gasteiger partial charge in [0.1, 0.15) is 17.0 Å². The number of hydrogen-bond donors (Lipinski definition) is 0. The molecular formula is C23H22N4O2. The van der Waals surface area contributed by atoms with Crippen LogP contribution in [-0.2, 0) is 6.54 Å². The molecule has 2 aromatic carbocycles. The monoisotopic (exact) mass is 386 g/mol. The summed E-state index contributed by atoms with van der Waals surface area (Å²) in [6.07, 6.45) is 2.32. The molecule has 2 aromatic heterocycles. The number of nitrogens with zero attached hydrogens (tertiary/aromatic N) is 4. The Kier molecular flexibility index (Phi) is 4.69. The first-order chi connectivity index (χ1) is 14.3. The van der Waals surface area contributed by atoms with Gasteiger partial charge in [-0.25, -0.2) is 0 Å². The molecule has 146 valence electrons. The maximum atomic E-state index is 6.05. The minimum Gasteiger partial charge on any atom is -0.419 e. The summed E-state index contributed by atoms with van der Waals surface area (Å²) in [5.41, 5.74) is 3.78. The first-order valence-electron chi connectivity index (χ1n) is 9.93. The highest BCUT2D eigenvalue weighted by Crippen LogP contribution is 2.35. The number of rotatable bonds is 5. The lowest BCUT2D eigenvalue weighted by molar-refractivity contribution is 0.224. The van der Waals surface area contributed by atoms with E-state index in [9.17, 15) is 0 Å². The maximum Gasteiger partial charge on any atom is 0.253 e. The van der Waals surface area contributed by atoms with Crippen molar-refractivity contribution in [2.75, 3.05) is 6.54 Å². The van der Waals surface area contributed by atoms with Gasteiger partial charge in [-0.05, 0) is 31.9 Å². The lowest BCUT2D eigenvalue weighted by Gasteiger charge is -2.23. The van der Waals surface area contributed by atoms with Gasteiger partial charge >= 0.3 is 0 Å². The first kappa shape index (κ1) is 17.8. The molecule has 1 fully saturated rings. The summed E-state index contributed by atoms with van der Waals surface area (Å²) >= 11 is 0. The summed E-state index contributed by atoms with van der Waals surface area (Å²) in [6, 6.07) is 20.9. The molecule has 29 heavy (non-hydrogen) atoms. The molecule has 0 N–H and O–H groups in total. The second-order valence-electron chi connectivity index (χ2n) is 7.37. The van der Waals surface area contributed by atoms with E-state index >= 15 is 0 Å². The Labute approximate surface area is 169 Å². The zero-order valence-electron chi connectivity index (χ0n) is 16.3. The summed E-state index contributed by atoms with van der Waals surface area (Å²) in [5.74, 6) is 1.73. The summed E-state index contributed by atoms with van der Waals surface area (Å²) in [4.78, 5) is 2.41. The smallest absolute Gasteiger partial charge is 0.253 e. The van der Waals surface area contributed by atoms with Crippen molar-refractivity contribution in [1.82, 2.24) is 20.3 Å². The van der Waals surface area contributed by atoms with Crippen molar-refractivity contribution in [2.24, 2.45) is 0 Å². The van der Waals surface area contributed by atoms with Gasteiger partial charge in [-0.2, -0.15) is 0 Å². The lowest BCUT2D eigenvalue weighted by Crippen LogP contribution is -2.22. The molecule has 0 spiro atoms. The predicted molar refractivity (Wildman–Crippen MR) is 109 cm³/mol. The van der Waals surface area contributed by atoms with Crippen molar-refractivity contribution in [3.63, 3.8) is 0 Å². The molecule has 0 bridgehead atoms. The van der Waals surface area contributed by atoms with E-state index in [4.69, 9.17) is 8.94 Å². The van der Waals surface area contributed by atoms with Gasteiger partial charge in [0, 0.05) is 11.6 Å². The van der Waals surface area contributed by atoms with Crippen LogP contribution in [0.3, 0.4) is 0 Å². The van der Waals surface area contributed by atoms with E-state index < -0.39 is 0 Å². The van der Waals surface area contributed by atoms with E-state index in [2.05, 4.69) is 50.6 Å². The molecule has 0 amide bonds. The Hall–Kier alpha value is -3.25. The highest BCUT2D eigenvalue weighted by atomic mass is 16.5. The summed E-state index contributed by atoms with van der Waals surface area (Å²) in [6.45, 7) is 3.53. The molecule has 0 saturated carbocycles. The number of likely N-dealkylation sites (tertiary alicyclic amines) is 1. The minimum absolute atomic E-state index is 0.392. The van der Waals surface area contributed by atoms with Crippen LogP contribution in [0.1, 0.15) is 36.1 Å². The predicted octanol–water partition coefficient (Wildman–Crippen LogP) is 5.04. The molecular weight excluding hydrogens is 364 g/mol. The zero-order chi connectivity index (χ0) is 19.6. The highest BCUT2D eigenvalue weighted by Gasteiger charge is 2.28. The van der Waals surface area contributed by atoms with Crippen molar-refractivity contribution in [3.8, 4) is 22.7 Å². The quantitative estimate of drug-likeness (QED) is 0.479. The fourth-order valence-corrected chi connectivity index (χ4v) is 4.08. The van der Waals surface area contributed by atoms with E-state index in [0.717, 1.165) is 29.8 Å². The zero-order valence-corrected chi connectivity index (χ0v) is 16.3. The van der Waals surface area contributed by atoms with Gasteiger partial charge in [0.2, 0.25) is 5.89 Å². The second kappa shape index (κ2) is 7.64. The Morgan fingerprint density at radius 1 is 1.00 bits per heavy atom. The first-order valence-corrected chi connectivity index (χ1v) is 9.93. The second-order valence-corrected chi connectivity index (χ2v) is 7.37. The van der Waals surface area contributed by atoms with Crippen molar-refractivity contribution in [1.29, 1.82) is 0 Å². The molecule has 6 nitrogen and oxygen atoms in total. The van der Waals surface area contributed by atoms with Crippen LogP contribution in [0.4, 0.5) is 0 Å². The highest BCUT2D eigenvalue weighted by molar-refractivity contribution is 5.77. The molecule has 1 atom stereocenters. The summed E-state index contributed by atoms with van der Waals surface area (Å²) in [5, 5.41) is 12.8. The summed E-state index contributed by atoms with van der Waals surface area (Å²) in [7, 11) is 0. The molecule has 6 heteroatoms. The van der Waals surface area contributed by atoms with E-state index in [1.807, 2.05) is 37.3 Å². The maximum absolute atomic E-state index is 6.05. The fraction of sp³-hybridized carbons (Fsp3) is 0.261. The van der Waals surface area contributed by atoms with Crippen LogP contribution in [0, 0.1) is 6.92 Å². The van der Waals surface area contributed by atoms with Crippen molar-refractivity contribution in [3.05, 3.63) is 77.9 Å². The average Bonchev–Trinajstić information content (AvgIpc) is 3.50. The average molecular weight is 386 g/mol. The molecule has 5 rings (SSSR count). The van der Waals surface area contributed by atoms with Crippen molar-refractivity contribution in [2.45, 2.75) is 32.4 Å². The normalized spacial score (nSPS) is 17.1. The molecule has 1 unspecified atom stereocenters. The molecule has 1 aliphatic heterocycles. The van der Waals surface area contributed by atoms with Crippen LogP contribution >= 0.6 is 0 Å². The van der Waals surface area contributed by atoms with Crippen LogP contribution < -0.4 is 0 Å². The third kappa shape index (κ3) is 3.47. The fourth-order valence-electron chi connectivity index (χ4n) is 4.08. The van der Waals surface area contributed by atoms with Gasteiger partial charge < -0.3 is 8.94 Å². The van der Waals surface area contributed by atoms with Crippen LogP contribution in [0.5, 0.6) is 0 Å². The Balaban J connectivity index is 1.40. The molecule has 3 heterocycles. The Morgan fingerprint density at radius 2 is 1.76 bits per heavy atom. The van der Waals surface area contributed by atoms with Gasteiger partial charge in [0.05, 0.1) is 6.54 Å². The Bertz CT molecular complexity index is 1090. The minimum atomic E-state index is 0.392. The number of hydrogen-bond acceptors (Lipinski definition) is 6. The molecule has 1 saturated heterocycles. The number of aromatic nitrogens is 3. The third-order valence-electron chi connectivity index (χ3n) is 5.48. The van der Waals surface area contributed by atoms with Crippen molar-refractivity contribution >= 4 is 0 Å². The largest absolute Gasteiger partial charge is 0.419 e. The van der Waals surface area contributed by atoms with Crippen LogP contribution in [-0.4, -0.2) is 26.8 Å². The lowest BCUT2D eigenvalue weighted by atomic mass is 10.0. The standard InChI is InChI=1S/C23H22N4O2/c1-16-21(22(26-29-16)18-11-6-3-7-12-18)23-25-24-20(28-23)15-27-14-8-13-19(27)17-9-4-2-5-10-17/h2-7,9-12,19H,8,13-15H2,1H3. The van der Waals surface area contributed by atoms with Gasteiger partial charge in [-0.1, -0.05) is 65.8 Å². The van der Waals surface area contributed by atoms with Crippen LogP contribution in [0.25, 0.3) is 22.7 Å². The van der Waals surface area contributed by atoms with Crippen LogP contribution in [0.15, 0.2) is 69.6 Å². The van der Waals surface area contributed by atoms with E-state index in [-0.39, 0.29) is 0 Å². The van der Waals surface area contributed by atoms with E-state index in [1.54, 1.807) is 0 Å². The molecule has 0 radical (unpaired) electrons. The van der Waals surface area contributed by atoms with Crippen molar-refractivity contribution < 1.29 is 8.94 Å². The van der Waals surface area contributed by atoms with Crippen LogP contribution in [0.2, 0.25) is 0 Å². The van der Waals surface area contributed by atoms with Gasteiger partial charge in [0.25, 0.3) is 5.89 Å². The SMILES string of the molecule is Cc1onc(-c2ccccc2)c1-c1nnc(CN2CCCC2c2ccccc2)o1. The third-order valence-corrected chi connectivity index (χ3v) is 5.48. The van der Waals surface area contributed by atoms with Gasteiger partial charge in [0.15, 0.2) is 0 Å². The van der Waals surface area contributed by atoms with Gasteiger partial charge in [-0.3, -0.25) is 4.90 Å². The molecule has 0 aliphatic carbocycles. The molecule has 1 aliphatic rings.